The van der Waals surface area contributed by atoms with Crippen LogP contribution in [-0.2, 0) is 4.74 Å². The topological polar surface area (TPSA) is 58.8 Å². The first kappa shape index (κ1) is 16.2. The molecule has 0 radical (unpaired) electrons. The quantitative estimate of drug-likeness (QED) is 0.500. The van der Waals surface area contributed by atoms with Crippen molar-refractivity contribution in [1.29, 1.82) is 0 Å². The SMILES string of the molecule is COCCNc1c(-c2ccc(O)cc2)nc2sc3cc(Cl)ccc3n12. The first-order chi connectivity index (χ1) is 12.2. The van der Waals surface area contributed by atoms with Crippen LogP contribution in [0.3, 0.4) is 0 Å². The van der Waals surface area contributed by atoms with Gasteiger partial charge >= 0.3 is 0 Å². The van der Waals surface area contributed by atoms with Crippen molar-refractivity contribution in [3.63, 3.8) is 0 Å². The first-order valence-electron chi connectivity index (χ1n) is 7.80. The van der Waals surface area contributed by atoms with E-state index >= 15 is 0 Å². The second-order valence-corrected chi connectivity index (χ2v) is 7.05. The third kappa shape index (κ3) is 2.93. The summed E-state index contributed by atoms with van der Waals surface area (Å²) < 4.78 is 8.35. The molecule has 5 nitrogen and oxygen atoms in total. The molecule has 0 fully saturated rings. The Hall–Kier alpha value is -2.28. The molecule has 0 bridgehead atoms. The summed E-state index contributed by atoms with van der Waals surface area (Å²) in [5.74, 6) is 1.14. The summed E-state index contributed by atoms with van der Waals surface area (Å²) in [6, 6.07) is 12.9. The fraction of sp³-hybridized carbons (Fsp3) is 0.167. The van der Waals surface area contributed by atoms with Crippen molar-refractivity contribution in [3.05, 3.63) is 47.5 Å². The number of hydrogen-bond acceptors (Lipinski definition) is 5. The Morgan fingerprint density at radius 2 is 2.04 bits per heavy atom. The molecule has 25 heavy (non-hydrogen) atoms. The van der Waals surface area contributed by atoms with Crippen molar-refractivity contribution in [3.8, 4) is 17.0 Å². The summed E-state index contributed by atoms with van der Waals surface area (Å²) in [7, 11) is 1.68. The van der Waals surface area contributed by atoms with E-state index < -0.39 is 0 Å². The van der Waals surface area contributed by atoms with E-state index in [9.17, 15) is 5.11 Å². The Kier molecular flexibility index (Phi) is 4.25. The molecule has 4 aromatic rings. The minimum Gasteiger partial charge on any atom is -0.508 e. The van der Waals surface area contributed by atoms with E-state index in [0.29, 0.717) is 18.2 Å². The third-order valence-electron chi connectivity index (χ3n) is 3.95. The average molecular weight is 374 g/mol. The highest BCUT2D eigenvalue weighted by molar-refractivity contribution is 7.23. The predicted octanol–water partition coefficient (Wildman–Crippen LogP) is 4.63. The second-order valence-electron chi connectivity index (χ2n) is 5.61. The summed E-state index contributed by atoms with van der Waals surface area (Å²) in [6.45, 7) is 1.26. The van der Waals surface area contributed by atoms with E-state index in [4.69, 9.17) is 21.3 Å². The number of phenols is 1. The van der Waals surface area contributed by atoms with Crippen molar-refractivity contribution < 1.29 is 9.84 Å². The maximum Gasteiger partial charge on any atom is 0.197 e. The van der Waals surface area contributed by atoms with Gasteiger partial charge in [-0.2, -0.15) is 0 Å². The summed E-state index contributed by atoms with van der Waals surface area (Å²) in [5, 5.41) is 13.7. The number of hydrogen-bond donors (Lipinski definition) is 2. The largest absolute Gasteiger partial charge is 0.508 e. The maximum absolute atomic E-state index is 9.55. The van der Waals surface area contributed by atoms with Crippen molar-refractivity contribution >= 4 is 43.9 Å². The molecule has 2 aromatic heterocycles. The van der Waals surface area contributed by atoms with Gasteiger partial charge in [0.25, 0.3) is 0 Å². The van der Waals surface area contributed by atoms with Gasteiger partial charge in [-0.15, -0.1) is 0 Å². The summed E-state index contributed by atoms with van der Waals surface area (Å²) in [6.07, 6.45) is 0. The standard InChI is InChI=1S/C18H16ClN3O2S/c1-24-9-8-20-17-16(11-2-5-13(23)6-3-11)21-18-22(17)14-7-4-12(19)10-15(14)25-18/h2-7,10,20,23H,8-9H2,1H3. The molecule has 0 saturated carbocycles. The lowest BCUT2D eigenvalue weighted by Gasteiger charge is -2.08. The monoisotopic (exact) mass is 373 g/mol. The van der Waals surface area contributed by atoms with Gasteiger partial charge in [0.1, 0.15) is 17.3 Å². The molecule has 2 N–H and O–H groups in total. The van der Waals surface area contributed by atoms with Gasteiger partial charge in [0.2, 0.25) is 0 Å². The molecule has 0 saturated heterocycles. The van der Waals surface area contributed by atoms with Gasteiger partial charge in [0, 0.05) is 24.2 Å². The number of imidazole rings is 1. The van der Waals surface area contributed by atoms with E-state index in [-0.39, 0.29) is 5.75 Å². The number of methoxy groups -OCH3 is 1. The van der Waals surface area contributed by atoms with Crippen molar-refractivity contribution in [2.45, 2.75) is 0 Å². The lowest BCUT2D eigenvalue weighted by atomic mass is 10.1. The van der Waals surface area contributed by atoms with Crippen LogP contribution in [0.15, 0.2) is 42.5 Å². The fourth-order valence-electron chi connectivity index (χ4n) is 2.80. The summed E-state index contributed by atoms with van der Waals surface area (Å²) >= 11 is 7.71. The molecule has 0 atom stereocenters. The van der Waals surface area contributed by atoms with Crippen LogP contribution in [0.1, 0.15) is 0 Å². The number of nitrogens with one attached hydrogen (secondary N) is 1. The molecule has 0 amide bonds. The molecule has 7 heteroatoms. The Bertz CT molecular complexity index is 1040. The zero-order valence-electron chi connectivity index (χ0n) is 13.5. The maximum atomic E-state index is 9.55. The van der Waals surface area contributed by atoms with Crippen molar-refractivity contribution in [2.75, 3.05) is 25.6 Å². The van der Waals surface area contributed by atoms with E-state index in [0.717, 1.165) is 32.3 Å². The van der Waals surface area contributed by atoms with E-state index in [1.54, 1.807) is 30.6 Å². The van der Waals surface area contributed by atoms with Crippen LogP contribution >= 0.6 is 22.9 Å². The molecule has 0 aliphatic rings. The Labute approximate surface area is 153 Å². The third-order valence-corrected chi connectivity index (χ3v) is 5.19. The van der Waals surface area contributed by atoms with Crippen molar-refractivity contribution in [2.24, 2.45) is 0 Å². The van der Waals surface area contributed by atoms with Gasteiger partial charge in [0.15, 0.2) is 4.96 Å². The Morgan fingerprint density at radius 1 is 1.24 bits per heavy atom. The van der Waals surface area contributed by atoms with Crippen LogP contribution in [0, 0.1) is 0 Å². The smallest absolute Gasteiger partial charge is 0.197 e. The predicted molar refractivity (Wildman–Crippen MR) is 103 cm³/mol. The minimum atomic E-state index is 0.235. The highest BCUT2D eigenvalue weighted by atomic mass is 35.5. The number of fused-ring (bicyclic) bond motifs is 3. The van der Waals surface area contributed by atoms with Crippen LogP contribution in [0.5, 0.6) is 5.75 Å². The second kappa shape index (κ2) is 6.55. The highest BCUT2D eigenvalue weighted by Crippen LogP contribution is 2.37. The molecular formula is C18H16ClN3O2S. The van der Waals surface area contributed by atoms with Crippen LogP contribution in [0.4, 0.5) is 5.82 Å². The Morgan fingerprint density at radius 3 is 2.80 bits per heavy atom. The van der Waals surface area contributed by atoms with Gasteiger partial charge in [-0.1, -0.05) is 22.9 Å². The minimum absolute atomic E-state index is 0.235. The van der Waals surface area contributed by atoms with Crippen LogP contribution in [0.25, 0.3) is 26.4 Å². The number of aromatic hydroxyl groups is 1. The van der Waals surface area contributed by atoms with Gasteiger partial charge in [0.05, 0.1) is 16.8 Å². The van der Waals surface area contributed by atoms with Gasteiger partial charge in [-0.25, -0.2) is 4.98 Å². The normalized spacial score (nSPS) is 11.4. The molecule has 128 valence electrons. The van der Waals surface area contributed by atoms with Crippen molar-refractivity contribution in [1.82, 2.24) is 9.38 Å². The average Bonchev–Trinajstić information content (AvgIpc) is 3.12. The molecule has 2 aromatic carbocycles. The lowest BCUT2D eigenvalue weighted by Crippen LogP contribution is -2.09. The molecule has 0 aliphatic carbocycles. The summed E-state index contributed by atoms with van der Waals surface area (Å²) in [4.78, 5) is 5.70. The van der Waals surface area contributed by atoms with E-state index in [1.807, 2.05) is 30.3 Å². The highest BCUT2D eigenvalue weighted by Gasteiger charge is 2.18. The van der Waals surface area contributed by atoms with E-state index in [1.165, 1.54) is 0 Å². The molecule has 0 unspecified atom stereocenters. The number of rotatable bonds is 5. The molecule has 0 spiro atoms. The molecule has 2 heterocycles. The number of thiazole rings is 1. The Balaban J connectivity index is 1.92. The molecule has 4 rings (SSSR count). The zero-order chi connectivity index (χ0) is 17.4. The van der Waals surface area contributed by atoms with Crippen LogP contribution in [0.2, 0.25) is 5.02 Å². The van der Waals surface area contributed by atoms with Gasteiger partial charge in [-0.3, -0.25) is 4.40 Å². The lowest BCUT2D eigenvalue weighted by molar-refractivity contribution is 0.210. The van der Waals surface area contributed by atoms with Crippen LogP contribution < -0.4 is 5.32 Å². The number of aromatic nitrogens is 2. The number of ether oxygens (including phenoxy) is 1. The first-order valence-corrected chi connectivity index (χ1v) is 8.99. The summed E-state index contributed by atoms with van der Waals surface area (Å²) in [5.41, 5.74) is 2.84. The number of halogens is 1. The number of nitrogens with zero attached hydrogens (tertiary/aromatic N) is 2. The van der Waals surface area contributed by atoms with E-state index in [2.05, 4.69) is 9.72 Å². The number of anilines is 1. The molecule has 0 aliphatic heterocycles. The van der Waals surface area contributed by atoms with Gasteiger partial charge in [-0.05, 0) is 42.5 Å². The zero-order valence-corrected chi connectivity index (χ0v) is 15.1. The number of phenolic OH excluding ortho intramolecular Hbond substituents is 1. The van der Waals surface area contributed by atoms with Crippen LogP contribution in [-0.4, -0.2) is 34.8 Å². The fourth-order valence-corrected chi connectivity index (χ4v) is 4.10. The number of benzene rings is 2. The van der Waals surface area contributed by atoms with Gasteiger partial charge < -0.3 is 15.2 Å². The molecular weight excluding hydrogens is 358 g/mol.